The van der Waals surface area contributed by atoms with Gasteiger partial charge in [0, 0.05) is 5.70 Å². The average molecular weight is 358 g/mol. The van der Waals surface area contributed by atoms with Crippen molar-refractivity contribution in [3.05, 3.63) is 59.4 Å². The van der Waals surface area contributed by atoms with Crippen LogP contribution in [0.2, 0.25) is 0 Å². The Kier molecular flexibility index (Phi) is 8.08. The van der Waals surface area contributed by atoms with Crippen LogP contribution in [0.5, 0.6) is 5.88 Å². The Hall–Kier alpha value is -3.09. The summed E-state index contributed by atoms with van der Waals surface area (Å²) in [6, 6.07) is 0. The van der Waals surface area contributed by atoms with Crippen molar-refractivity contribution in [1.29, 1.82) is 0 Å². The summed E-state index contributed by atoms with van der Waals surface area (Å²) in [7, 11) is 1.55. The van der Waals surface area contributed by atoms with E-state index < -0.39 is 0 Å². The Morgan fingerprint density at radius 3 is 2.54 bits per heavy atom. The maximum atomic E-state index is 12.7. The van der Waals surface area contributed by atoms with Crippen LogP contribution in [0.15, 0.2) is 59.4 Å². The van der Waals surface area contributed by atoms with Crippen molar-refractivity contribution in [2.24, 2.45) is 5.73 Å². The van der Waals surface area contributed by atoms with Gasteiger partial charge in [-0.1, -0.05) is 12.7 Å². The molecule has 0 aliphatic heterocycles. The van der Waals surface area contributed by atoms with E-state index in [-0.39, 0.29) is 11.5 Å². The summed E-state index contributed by atoms with van der Waals surface area (Å²) < 4.78 is 10.5. The minimum Gasteiger partial charge on any atom is -0.497 e. The minimum atomic E-state index is -0.262. The van der Waals surface area contributed by atoms with Crippen LogP contribution >= 0.6 is 0 Å². The van der Waals surface area contributed by atoms with Gasteiger partial charge in [0.25, 0.3) is 0 Å². The van der Waals surface area contributed by atoms with Crippen molar-refractivity contribution in [2.45, 2.75) is 27.7 Å². The first-order valence-corrected chi connectivity index (χ1v) is 8.11. The van der Waals surface area contributed by atoms with Gasteiger partial charge < -0.3 is 20.5 Å². The van der Waals surface area contributed by atoms with Crippen molar-refractivity contribution in [3.8, 4) is 5.88 Å². The van der Waals surface area contributed by atoms with Crippen molar-refractivity contribution in [3.63, 3.8) is 0 Å². The van der Waals surface area contributed by atoms with Gasteiger partial charge in [-0.25, -0.2) is 0 Å². The quantitative estimate of drug-likeness (QED) is 0.397. The number of anilines is 1. The van der Waals surface area contributed by atoms with Crippen LogP contribution in [0.3, 0.4) is 0 Å². The molecule has 0 amide bonds. The predicted octanol–water partition coefficient (Wildman–Crippen LogP) is 3.10. The van der Waals surface area contributed by atoms with E-state index in [9.17, 15) is 4.79 Å². The number of carbonyl (C=O) groups is 1. The van der Waals surface area contributed by atoms with Gasteiger partial charge in [0.05, 0.1) is 26.1 Å². The van der Waals surface area contributed by atoms with Crippen LogP contribution < -0.4 is 15.8 Å². The van der Waals surface area contributed by atoms with Crippen LogP contribution in [0.1, 0.15) is 27.7 Å². The zero-order valence-corrected chi connectivity index (χ0v) is 15.9. The highest BCUT2D eigenvalue weighted by Crippen LogP contribution is 2.16. The first-order chi connectivity index (χ1) is 12.3. The third-order valence-electron chi connectivity index (χ3n) is 3.26. The lowest BCUT2D eigenvalue weighted by molar-refractivity contribution is -0.112. The molecule has 1 rings (SSSR count). The molecule has 0 saturated heterocycles. The Morgan fingerprint density at radius 2 is 2.00 bits per heavy atom. The minimum absolute atomic E-state index is 0.226. The number of ether oxygens (including phenoxy) is 2. The molecule has 7 nitrogen and oxygen atoms in total. The van der Waals surface area contributed by atoms with E-state index in [1.54, 1.807) is 33.1 Å². The number of aromatic nitrogens is 2. The number of hydrogen-bond donors (Lipinski definition) is 2. The van der Waals surface area contributed by atoms with Gasteiger partial charge in [-0.05, 0) is 44.9 Å². The molecule has 0 aromatic carbocycles. The number of allylic oxidation sites excluding steroid dienone is 5. The monoisotopic (exact) mass is 358 g/mol. The van der Waals surface area contributed by atoms with Crippen molar-refractivity contribution in [2.75, 3.05) is 19.0 Å². The van der Waals surface area contributed by atoms with Crippen molar-refractivity contribution >= 4 is 11.6 Å². The third-order valence-corrected chi connectivity index (χ3v) is 3.26. The summed E-state index contributed by atoms with van der Waals surface area (Å²) in [6.07, 6.45) is 6.33. The van der Waals surface area contributed by atoms with Gasteiger partial charge in [0.1, 0.15) is 11.5 Å². The van der Waals surface area contributed by atoms with Crippen LogP contribution in [0.25, 0.3) is 0 Å². The summed E-state index contributed by atoms with van der Waals surface area (Å²) in [5, 5.41) is 2.92. The second-order valence-electron chi connectivity index (χ2n) is 5.55. The maximum absolute atomic E-state index is 12.7. The number of carbonyl (C=O) groups excluding carboxylic acids is 1. The lowest BCUT2D eigenvalue weighted by Crippen LogP contribution is -2.18. The standard InChI is InChI=1S/C19H26N4O3/c1-7-26-17-11-21-10-16(22-17)23-18(14(5)20)19(24)13(4)8-9-15(25-6)12(2)3/h8-11H,2,7,20H2,1,3-6H3,(H,22,23)/b13-8+,15-9+,18-14+. The highest BCUT2D eigenvalue weighted by atomic mass is 16.5. The van der Waals surface area contributed by atoms with Gasteiger partial charge in [-0.3, -0.25) is 9.78 Å². The first kappa shape index (κ1) is 21.0. The number of ketones is 1. The van der Waals surface area contributed by atoms with E-state index in [2.05, 4.69) is 21.9 Å². The number of methoxy groups -OCH3 is 1. The molecule has 7 heteroatoms. The van der Waals surface area contributed by atoms with Gasteiger partial charge in [-0.2, -0.15) is 4.98 Å². The molecule has 0 radical (unpaired) electrons. The predicted molar refractivity (Wildman–Crippen MR) is 102 cm³/mol. The Bertz CT molecular complexity index is 760. The number of nitrogens with one attached hydrogen (secondary N) is 1. The van der Waals surface area contributed by atoms with E-state index in [0.29, 0.717) is 35.3 Å². The van der Waals surface area contributed by atoms with Crippen molar-refractivity contribution < 1.29 is 14.3 Å². The fraction of sp³-hybridized carbons (Fsp3) is 0.316. The summed E-state index contributed by atoms with van der Waals surface area (Å²) in [4.78, 5) is 21.0. The molecule has 1 aromatic rings. The zero-order chi connectivity index (χ0) is 19.7. The lowest BCUT2D eigenvalue weighted by atomic mass is 10.1. The van der Waals surface area contributed by atoms with Gasteiger partial charge in [0.15, 0.2) is 5.82 Å². The summed E-state index contributed by atoms with van der Waals surface area (Å²) >= 11 is 0. The highest BCUT2D eigenvalue weighted by Gasteiger charge is 2.15. The molecule has 0 fully saturated rings. The van der Waals surface area contributed by atoms with Crippen LogP contribution in [0.4, 0.5) is 5.82 Å². The number of nitrogens with zero attached hydrogens (tertiary/aromatic N) is 2. The Balaban J connectivity index is 3.07. The molecule has 1 aromatic heterocycles. The number of rotatable bonds is 9. The molecule has 1 heterocycles. The number of Topliss-reactive ketones (excluding diaryl/α,β-unsaturated/α-hetero) is 1. The zero-order valence-electron chi connectivity index (χ0n) is 15.9. The third kappa shape index (κ3) is 6.08. The molecule has 0 aliphatic rings. The van der Waals surface area contributed by atoms with Gasteiger partial charge in [0.2, 0.25) is 11.7 Å². The summed E-state index contributed by atoms with van der Waals surface area (Å²) in [5.74, 6) is 1.06. The van der Waals surface area contributed by atoms with E-state index in [1.807, 2.05) is 13.8 Å². The smallest absolute Gasteiger partial charge is 0.234 e. The van der Waals surface area contributed by atoms with E-state index >= 15 is 0 Å². The molecule has 0 atom stereocenters. The van der Waals surface area contributed by atoms with E-state index in [0.717, 1.165) is 5.57 Å². The number of nitrogens with two attached hydrogens (primary N) is 1. The summed E-state index contributed by atoms with van der Waals surface area (Å²) in [5.41, 5.74) is 7.68. The van der Waals surface area contributed by atoms with Crippen molar-refractivity contribution in [1.82, 2.24) is 9.97 Å². The largest absolute Gasteiger partial charge is 0.497 e. The second-order valence-corrected chi connectivity index (χ2v) is 5.55. The second kappa shape index (κ2) is 10.0. The topological polar surface area (TPSA) is 99.4 Å². The molecule has 0 spiro atoms. The van der Waals surface area contributed by atoms with Gasteiger partial charge in [-0.15, -0.1) is 0 Å². The molecule has 0 unspecified atom stereocenters. The Morgan fingerprint density at radius 1 is 1.31 bits per heavy atom. The SMILES string of the molecule is C=C(C)/C(=C\C=C(/C)C(=O)/C(Nc1cncc(OCC)n1)=C(/C)N)OC. The summed E-state index contributed by atoms with van der Waals surface area (Å²) in [6.45, 7) is 11.3. The lowest BCUT2D eigenvalue weighted by Gasteiger charge is -2.12. The first-order valence-electron chi connectivity index (χ1n) is 8.11. The molecule has 140 valence electrons. The normalized spacial score (nSPS) is 13.0. The fourth-order valence-corrected chi connectivity index (χ4v) is 1.95. The molecule has 0 aliphatic carbocycles. The fourth-order valence-electron chi connectivity index (χ4n) is 1.95. The molecule has 0 saturated carbocycles. The van der Waals surface area contributed by atoms with Gasteiger partial charge >= 0.3 is 0 Å². The van der Waals surface area contributed by atoms with Crippen LogP contribution in [-0.2, 0) is 9.53 Å². The van der Waals surface area contributed by atoms with E-state index in [4.69, 9.17) is 15.2 Å². The molecular formula is C19H26N4O3. The van der Waals surface area contributed by atoms with Crippen LogP contribution in [-0.4, -0.2) is 29.5 Å². The average Bonchev–Trinajstić information content (AvgIpc) is 2.59. The molecule has 26 heavy (non-hydrogen) atoms. The number of hydrogen-bond acceptors (Lipinski definition) is 7. The molecule has 0 bridgehead atoms. The van der Waals surface area contributed by atoms with E-state index in [1.165, 1.54) is 12.4 Å². The molecular weight excluding hydrogens is 332 g/mol. The maximum Gasteiger partial charge on any atom is 0.234 e. The molecule has 3 N–H and O–H groups in total. The Labute approximate surface area is 154 Å². The van der Waals surface area contributed by atoms with Crippen LogP contribution in [0, 0.1) is 0 Å². The highest BCUT2D eigenvalue weighted by molar-refractivity contribution is 6.10.